The van der Waals surface area contributed by atoms with E-state index in [9.17, 15) is 9.59 Å². The van der Waals surface area contributed by atoms with Gasteiger partial charge in [0.2, 0.25) is 0 Å². The van der Waals surface area contributed by atoms with Gasteiger partial charge in [-0.3, -0.25) is 14.0 Å². The minimum Gasteiger partial charge on any atom is -0.383 e. The Morgan fingerprint density at radius 2 is 1.51 bits per heavy atom. The fourth-order valence-corrected chi connectivity index (χ4v) is 5.48. The number of amides is 1. The second kappa shape index (κ2) is 11.1. The number of pyridine rings is 2. The van der Waals surface area contributed by atoms with Crippen LogP contribution in [0.4, 0.5) is 0 Å². The van der Waals surface area contributed by atoms with Gasteiger partial charge in [-0.05, 0) is 45.7 Å². The number of ether oxygens (including phenoxy) is 2. The largest absolute Gasteiger partial charge is 0.383 e. The number of nitrogens with zero attached hydrogens (tertiary/aromatic N) is 2. The van der Waals surface area contributed by atoms with Gasteiger partial charge in [0.05, 0.1) is 29.0 Å². The maximum Gasteiger partial charge on any atom is 0.263 e. The number of hydrogen-bond donors (Lipinski definition) is 0. The fraction of sp³-hybridized carbons (Fsp3) is 0.200. The van der Waals surface area contributed by atoms with E-state index in [4.69, 9.17) is 9.47 Å². The Kier molecular flexibility index (Phi) is 7.46. The summed E-state index contributed by atoms with van der Waals surface area (Å²) < 4.78 is 13.0. The van der Waals surface area contributed by atoms with Crippen LogP contribution >= 0.6 is 11.3 Å². The third-order valence-electron chi connectivity index (χ3n) is 6.50. The molecule has 0 aliphatic carbocycles. The summed E-state index contributed by atoms with van der Waals surface area (Å²) in [4.78, 5) is 29.4. The van der Waals surface area contributed by atoms with Gasteiger partial charge in [0.25, 0.3) is 11.5 Å². The number of aromatic nitrogens is 1. The summed E-state index contributed by atoms with van der Waals surface area (Å²) in [5.74, 6) is -0.158. The van der Waals surface area contributed by atoms with Crippen LogP contribution in [0.3, 0.4) is 0 Å². The van der Waals surface area contributed by atoms with Crippen LogP contribution in [-0.2, 0) is 9.47 Å². The second-order valence-electron chi connectivity index (χ2n) is 8.74. The lowest BCUT2D eigenvalue weighted by Crippen LogP contribution is -2.37. The van der Waals surface area contributed by atoms with Crippen molar-refractivity contribution in [3.05, 3.63) is 100 Å². The van der Waals surface area contributed by atoms with Crippen LogP contribution in [0.25, 0.3) is 37.9 Å². The van der Waals surface area contributed by atoms with Crippen molar-refractivity contribution in [1.29, 1.82) is 0 Å². The molecule has 0 unspecified atom stereocenters. The lowest BCUT2D eigenvalue weighted by Gasteiger charge is -2.23. The molecule has 5 aromatic rings. The maximum atomic E-state index is 14.0. The normalized spacial score (nSPS) is 11.3. The number of carbonyl (C=O) groups is 1. The third-order valence-corrected chi connectivity index (χ3v) is 7.44. The van der Waals surface area contributed by atoms with E-state index in [1.807, 2.05) is 60.0 Å². The van der Waals surface area contributed by atoms with Crippen LogP contribution in [0.5, 0.6) is 0 Å². The summed E-state index contributed by atoms with van der Waals surface area (Å²) >= 11 is 1.53. The Hall–Kier alpha value is -3.78. The molecule has 0 bridgehead atoms. The average Bonchev–Trinajstić information content (AvgIpc) is 3.43. The van der Waals surface area contributed by atoms with E-state index < -0.39 is 0 Å². The predicted octanol–water partition coefficient (Wildman–Crippen LogP) is 5.58. The molecular weight excluding hydrogens is 484 g/mol. The van der Waals surface area contributed by atoms with Gasteiger partial charge in [-0.15, -0.1) is 11.3 Å². The van der Waals surface area contributed by atoms with Gasteiger partial charge >= 0.3 is 0 Å². The molecular formula is C30H28N2O4S. The summed E-state index contributed by atoms with van der Waals surface area (Å²) in [6, 6.07) is 23.7. The van der Waals surface area contributed by atoms with Gasteiger partial charge in [0, 0.05) is 39.1 Å². The summed E-state index contributed by atoms with van der Waals surface area (Å²) in [6.45, 7) is 1.65. The van der Waals surface area contributed by atoms with Crippen LogP contribution < -0.4 is 5.56 Å². The van der Waals surface area contributed by atoms with Gasteiger partial charge in [-0.2, -0.15) is 0 Å². The molecule has 1 amide bonds. The molecule has 3 aromatic heterocycles. The molecule has 0 aliphatic heterocycles. The predicted molar refractivity (Wildman–Crippen MR) is 150 cm³/mol. The summed E-state index contributed by atoms with van der Waals surface area (Å²) in [5.41, 5.74) is 4.37. The molecule has 0 fully saturated rings. The quantitative estimate of drug-likeness (QED) is 0.259. The Bertz CT molecular complexity index is 1580. The number of methoxy groups -OCH3 is 2. The molecule has 0 radical (unpaired) electrons. The molecule has 0 spiro atoms. The van der Waals surface area contributed by atoms with Gasteiger partial charge in [0.15, 0.2) is 0 Å². The van der Waals surface area contributed by atoms with Gasteiger partial charge in [-0.25, -0.2) is 0 Å². The highest BCUT2D eigenvalue weighted by atomic mass is 32.1. The zero-order valence-electron chi connectivity index (χ0n) is 20.8. The van der Waals surface area contributed by atoms with Crippen molar-refractivity contribution >= 4 is 32.8 Å². The lowest BCUT2D eigenvalue weighted by atomic mass is 9.99. The molecule has 188 valence electrons. The van der Waals surface area contributed by atoms with Crippen molar-refractivity contribution < 1.29 is 14.3 Å². The molecule has 37 heavy (non-hydrogen) atoms. The molecule has 0 atom stereocenters. The van der Waals surface area contributed by atoms with Crippen molar-refractivity contribution in [2.24, 2.45) is 0 Å². The highest BCUT2D eigenvalue weighted by Crippen LogP contribution is 2.31. The van der Waals surface area contributed by atoms with Gasteiger partial charge in [-0.1, -0.05) is 54.6 Å². The van der Waals surface area contributed by atoms with E-state index in [2.05, 4.69) is 12.1 Å². The first-order valence-electron chi connectivity index (χ1n) is 12.1. The van der Waals surface area contributed by atoms with Crippen molar-refractivity contribution in [3.63, 3.8) is 0 Å². The molecule has 3 heterocycles. The van der Waals surface area contributed by atoms with E-state index in [0.717, 1.165) is 26.8 Å². The standard InChI is InChI=1S/C30H28N2O4S/c1-35-17-15-31(16-18-36-2)29(33)26-20-25(23-10-8-22(9-11-23)21-6-4-3-5-7-21)30(34)32-14-12-24-13-19-37-28(24)27(26)32/h3-14,19-20H,15-18H2,1-2H3. The average molecular weight is 513 g/mol. The molecule has 7 heteroatoms. The van der Waals surface area contributed by atoms with Crippen LogP contribution in [0.15, 0.2) is 89.2 Å². The van der Waals surface area contributed by atoms with Crippen LogP contribution in [0.2, 0.25) is 0 Å². The topological polar surface area (TPSA) is 60.2 Å². The van der Waals surface area contributed by atoms with Gasteiger partial charge < -0.3 is 14.4 Å². The molecule has 2 aromatic carbocycles. The van der Waals surface area contributed by atoms with Crippen molar-refractivity contribution in [1.82, 2.24) is 9.30 Å². The highest BCUT2D eigenvalue weighted by molar-refractivity contribution is 7.18. The summed E-state index contributed by atoms with van der Waals surface area (Å²) in [7, 11) is 3.23. The van der Waals surface area contributed by atoms with E-state index in [1.165, 1.54) is 11.3 Å². The summed E-state index contributed by atoms with van der Waals surface area (Å²) in [6.07, 6.45) is 1.76. The molecule has 0 aliphatic rings. The summed E-state index contributed by atoms with van der Waals surface area (Å²) in [5, 5.41) is 2.98. The number of benzene rings is 2. The molecule has 0 N–H and O–H groups in total. The molecule has 0 saturated carbocycles. The van der Waals surface area contributed by atoms with E-state index in [1.54, 1.807) is 35.8 Å². The van der Waals surface area contributed by atoms with Crippen LogP contribution in [-0.4, -0.2) is 55.7 Å². The minimum atomic E-state index is -0.158. The first-order chi connectivity index (χ1) is 18.1. The van der Waals surface area contributed by atoms with Crippen LogP contribution in [0, 0.1) is 0 Å². The Morgan fingerprint density at radius 3 is 2.19 bits per heavy atom. The molecule has 5 rings (SSSR count). The van der Waals surface area contributed by atoms with Crippen molar-refractivity contribution in [2.45, 2.75) is 0 Å². The van der Waals surface area contributed by atoms with E-state index in [0.29, 0.717) is 42.9 Å². The monoisotopic (exact) mass is 512 g/mol. The van der Waals surface area contributed by atoms with E-state index >= 15 is 0 Å². The molecule has 0 saturated heterocycles. The Morgan fingerprint density at radius 1 is 0.865 bits per heavy atom. The second-order valence-corrected chi connectivity index (χ2v) is 9.65. The zero-order chi connectivity index (χ0) is 25.8. The third kappa shape index (κ3) is 4.93. The Balaban J connectivity index is 1.67. The first kappa shape index (κ1) is 24.9. The van der Waals surface area contributed by atoms with Crippen molar-refractivity contribution in [2.75, 3.05) is 40.5 Å². The number of carbonyl (C=O) groups excluding carboxylic acids is 1. The molecule has 6 nitrogen and oxygen atoms in total. The SMILES string of the molecule is COCCN(CCOC)C(=O)c1cc(-c2ccc(-c3ccccc3)cc2)c(=O)n2ccc3ccsc3c12. The number of thiophene rings is 1. The lowest BCUT2D eigenvalue weighted by molar-refractivity contribution is 0.0629. The number of fused-ring (bicyclic) bond motifs is 3. The first-order valence-corrected chi connectivity index (χ1v) is 13.0. The highest BCUT2D eigenvalue weighted by Gasteiger charge is 2.23. The van der Waals surface area contributed by atoms with Gasteiger partial charge in [0.1, 0.15) is 0 Å². The smallest absolute Gasteiger partial charge is 0.263 e. The fourth-order valence-electron chi connectivity index (χ4n) is 4.54. The number of rotatable bonds is 9. The maximum absolute atomic E-state index is 14.0. The zero-order valence-corrected chi connectivity index (χ0v) is 21.7. The van der Waals surface area contributed by atoms with Crippen molar-refractivity contribution in [3.8, 4) is 22.3 Å². The number of hydrogen-bond acceptors (Lipinski definition) is 5. The van der Waals surface area contributed by atoms with Crippen LogP contribution in [0.1, 0.15) is 10.4 Å². The Labute approximate surface area is 219 Å². The minimum absolute atomic E-state index is 0.158. The van der Waals surface area contributed by atoms with E-state index in [-0.39, 0.29) is 11.5 Å².